The van der Waals surface area contributed by atoms with Crippen LogP contribution >= 0.6 is 0 Å². The van der Waals surface area contributed by atoms with Crippen LogP contribution in [0.5, 0.6) is 0 Å². The summed E-state index contributed by atoms with van der Waals surface area (Å²) in [5, 5.41) is 3.12. The van der Waals surface area contributed by atoms with Gasteiger partial charge in [0.05, 0.1) is 0 Å². The smallest absolute Gasteiger partial charge is 0.225 e. The Kier molecular flexibility index (Phi) is 7.94. The Morgan fingerprint density at radius 1 is 1.24 bits per heavy atom. The minimum absolute atomic E-state index is 0.135. The first-order valence-electron chi connectivity index (χ1n) is 8.45. The number of Topliss-reactive ketones (excluding diaryl/α,β-unsaturated/α-hetero) is 1. The van der Waals surface area contributed by atoms with E-state index in [4.69, 9.17) is 0 Å². The molecule has 1 fully saturated rings. The second kappa shape index (κ2) is 9.19. The molecule has 0 aromatic heterocycles. The number of amides is 1. The fourth-order valence-electron chi connectivity index (χ4n) is 2.96. The van der Waals surface area contributed by atoms with Crippen molar-refractivity contribution in [1.29, 1.82) is 0 Å². The van der Waals surface area contributed by atoms with Gasteiger partial charge in [0.2, 0.25) is 5.91 Å². The lowest BCUT2D eigenvalue weighted by molar-refractivity contribution is -0.137. The van der Waals surface area contributed by atoms with Gasteiger partial charge in [0.25, 0.3) is 0 Å². The highest BCUT2D eigenvalue weighted by molar-refractivity contribution is 5.81. The molecule has 1 heterocycles. The van der Waals surface area contributed by atoms with Gasteiger partial charge < -0.3 is 10.2 Å². The van der Waals surface area contributed by atoms with Crippen molar-refractivity contribution in [1.82, 2.24) is 10.2 Å². The van der Waals surface area contributed by atoms with E-state index in [1.807, 2.05) is 25.8 Å². The first kappa shape index (κ1) is 18.1. The topological polar surface area (TPSA) is 49.4 Å². The van der Waals surface area contributed by atoms with E-state index in [0.29, 0.717) is 24.0 Å². The van der Waals surface area contributed by atoms with Crippen molar-refractivity contribution in [3.05, 3.63) is 0 Å². The van der Waals surface area contributed by atoms with Crippen LogP contribution in [0.25, 0.3) is 0 Å². The molecule has 0 aromatic rings. The number of piperidine rings is 1. The van der Waals surface area contributed by atoms with Gasteiger partial charge in [0, 0.05) is 31.3 Å². The first-order valence-corrected chi connectivity index (χ1v) is 8.45. The van der Waals surface area contributed by atoms with Crippen molar-refractivity contribution in [2.24, 2.45) is 17.8 Å². The molecule has 0 radical (unpaired) electrons. The Bertz CT molecular complexity index is 334. The molecule has 21 heavy (non-hydrogen) atoms. The molecular weight excluding hydrogens is 264 g/mol. The van der Waals surface area contributed by atoms with Crippen LogP contribution in [-0.4, -0.2) is 43.3 Å². The molecule has 1 N–H and O–H groups in total. The molecule has 4 heteroatoms. The molecule has 1 atom stereocenters. The third-order valence-electron chi connectivity index (χ3n) is 4.64. The highest BCUT2D eigenvalue weighted by Crippen LogP contribution is 2.24. The number of likely N-dealkylation sites (tertiary alicyclic amines) is 1. The summed E-state index contributed by atoms with van der Waals surface area (Å²) >= 11 is 0. The molecule has 0 bridgehead atoms. The number of carbonyl (C=O) groups excluding carboxylic acids is 2. The second-order valence-electron chi connectivity index (χ2n) is 6.59. The van der Waals surface area contributed by atoms with E-state index in [1.165, 1.54) is 0 Å². The number of nitrogens with one attached hydrogen (secondary N) is 1. The summed E-state index contributed by atoms with van der Waals surface area (Å²) in [6.45, 7) is 8.56. The minimum Gasteiger partial charge on any atom is -0.342 e. The summed E-state index contributed by atoms with van der Waals surface area (Å²) in [6.07, 6.45) is 4.47. The van der Waals surface area contributed by atoms with Gasteiger partial charge in [-0.05, 0) is 45.2 Å². The van der Waals surface area contributed by atoms with Crippen molar-refractivity contribution in [3.8, 4) is 0 Å². The number of ketones is 1. The maximum Gasteiger partial charge on any atom is 0.225 e. The van der Waals surface area contributed by atoms with Crippen LogP contribution in [0.15, 0.2) is 0 Å². The Labute approximate surface area is 129 Å². The van der Waals surface area contributed by atoms with Gasteiger partial charge in [-0.15, -0.1) is 0 Å². The molecule has 0 aliphatic carbocycles. The van der Waals surface area contributed by atoms with Gasteiger partial charge >= 0.3 is 0 Å². The summed E-state index contributed by atoms with van der Waals surface area (Å²) < 4.78 is 0. The fraction of sp³-hybridized carbons (Fsp3) is 0.882. The van der Waals surface area contributed by atoms with Gasteiger partial charge in [-0.2, -0.15) is 0 Å². The monoisotopic (exact) mass is 296 g/mol. The van der Waals surface area contributed by atoms with E-state index >= 15 is 0 Å². The predicted molar refractivity (Wildman–Crippen MR) is 86.1 cm³/mol. The van der Waals surface area contributed by atoms with E-state index < -0.39 is 0 Å². The lowest BCUT2D eigenvalue weighted by atomic mass is 9.88. The third kappa shape index (κ3) is 5.77. The van der Waals surface area contributed by atoms with Crippen molar-refractivity contribution in [3.63, 3.8) is 0 Å². The number of hydrogen-bond donors (Lipinski definition) is 1. The van der Waals surface area contributed by atoms with Crippen LogP contribution in [-0.2, 0) is 9.59 Å². The summed E-state index contributed by atoms with van der Waals surface area (Å²) in [7, 11) is 1.93. The summed E-state index contributed by atoms with van der Waals surface area (Å²) in [6, 6.07) is 0. The zero-order valence-corrected chi connectivity index (χ0v) is 14.2. The van der Waals surface area contributed by atoms with Gasteiger partial charge in [-0.3, -0.25) is 9.59 Å². The summed E-state index contributed by atoms with van der Waals surface area (Å²) in [5.41, 5.74) is 0. The van der Waals surface area contributed by atoms with E-state index in [9.17, 15) is 9.59 Å². The standard InChI is InChI=1S/C17H32N2O2/c1-5-15(6-9-18-4)17(21)19-10-7-14(8-11-19)12-16(20)13(2)3/h13-15,18H,5-12H2,1-4H3. The molecule has 4 nitrogen and oxygen atoms in total. The SMILES string of the molecule is CCC(CCNC)C(=O)N1CCC(CC(=O)C(C)C)CC1. The fourth-order valence-corrected chi connectivity index (χ4v) is 2.96. The van der Waals surface area contributed by atoms with Crippen LogP contribution in [0.3, 0.4) is 0 Å². The average molecular weight is 296 g/mol. The zero-order valence-electron chi connectivity index (χ0n) is 14.2. The summed E-state index contributed by atoms with van der Waals surface area (Å²) in [5.74, 6) is 1.42. The summed E-state index contributed by atoms with van der Waals surface area (Å²) in [4.78, 5) is 26.3. The quantitative estimate of drug-likeness (QED) is 0.748. The molecule has 1 aliphatic rings. The Balaban J connectivity index is 2.40. The van der Waals surface area contributed by atoms with E-state index in [2.05, 4.69) is 12.2 Å². The average Bonchev–Trinajstić information content (AvgIpc) is 2.48. The van der Waals surface area contributed by atoms with Crippen LogP contribution in [0.4, 0.5) is 0 Å². The maximum absolute atomic E-state index is 12.5. The molecule has 1 unspecified atom stereocenters. The van der Waals surface area contributed by atoms with E-state index in [0.717, 1.165) is 45.3 Å². The third-order valence-corrected chi connectivity index (χ3v) is 4.64. The van der Waals surface area contributed by atoms with Crippen LogP contribution in [0.2, 0.25) is 0 Å². The molecular formula is C17H32N2O2. The molecule has 1 amide bonds. The first-order chi connectivity index (χ1) is 9.99. The van der Waals surface area contributed by atoms with E-state index in [1.54, 1.807) is 0 Å². The number of nitrogens with zero attached hydrogens (tertiary/aromatic N) is 1. The van der Waals surface area contributed by atoms with Gasteiger partial charge in [0.15, 0.2) is 0 Å². The highest BCUT2D eigenvalue weighted by Gasteiger charge is 2.28. The molecule has 1 rings (SSSR count). The minimum atomic E-state index is 0.135. The Morgan fingerprint density at radius 3 is 2.33 bits per heavy atom. The van der Waals surface area contributed by atoms with Gasteiger partial charge in [0.1, 0.15) is 5.78 Å². The van der Waals surface area contributed by atoms with Crippen LogP contribution in [0, 0.1) is 17.8 Å². The molecule has 1 saturated heterocycles. The number of carbonyl (C=O) groups is 2. The number of rotatable bonds is 8. The lowest BCUT2D eigenvalue weighted by Gasteiger charge is -2.34. The molecule has 0 saturated carbocycles. The van der Waals surface area contributed by atoms with Gasteiger partial charge in [-0.25, -0.2) is 0 Å². The van der Waals surface area contributed by atoms with Crippen molar-refractivity contribution in [2.75, 3.05) is 26.7 Å². The zero-order chi connectivity index (χ0) is 15.8. The highest BCUT2D eigenvalue weighted by atomic mass is 16.2. The molecule has 0 aromatic carbocycles. The van der Waals surface area contributed by atoms with Crippen LogP contribution in [0.1, 0.15) is 52.9 Å². The predicted octanol–water partition coefficient (Wildman–Crippen LogP) is 2.48. The second-order valence-corrected chi connectivity index (χ2v) is 6.59. The normalized spacial score (nSPS) is 18.0. The largest absolute Gasteiger partial charge is 0.342 e. The van der Waals surface area contributed by atoms with E-state index in [-0.39, 0.29) is 11.8 Å². The molecule has 122 valence electrons. The Hall–Kier alpha value is -0.900. The van der Waals surface area contributed by atoms with Gasteiger partial charge in [-0.1, -0.05) is 20.8 Å². The Morgan fingerprint density at radius 2 is 1.86 bits per heavy atom. The lowest BCUT2D eigenvalue weighted by Crippen LogP contribution is -2.42. The van der Waals surface area contributed by atoms with Crippen LogP contribution < -0.4 is 5.32 Å². The maximum atomic E-state index is 12.5. The molecule has 1 aliphatic heterocycles. The van der Waals surface area contributed by atoms with Crippen molar-refractivity contribution in [2.45, 2.75) is 52.9 Å². The van der Waals surface area contributed by atoms with Crippen molar-refractivity contribution < 1.29 is 9.59 Å². The molecule has 0 spiro atoms. The van der Waals surface area contributed by atoms with Crippen molar-refractivity contribution >= 4 is 11.7 Å². The number of hydrogen-bond acceptors (Lipinski definition) is 3.